The second-order valence-electron chi connectivity index (χ2n) is 7.75. The molecule has 2 aromatic carbocycles. The van der Waals surface area contributed by atoms with Crippen LogP contribution in [0.3, 0.4) is 0 Å². The van der Waals surface area contributed by atoms with Gasteiger partial charge in [-0.05, 0) is 61.7 Å². The van der Waals surface area contributed by atoms with Gasteiger partial charge in [0, 0.05) is 24.3 Å². The molecule has 0 saturated carbocycles. The zero-order chi connectivity index (χ0) is 22.4. The van der Waals surface area contributed by atoms with Crippen LogP contribution in [-0.2, 0) is 25.5 Å². The molecule has 2 atom stereocenters. The van der Waals surface area contributed by atoms with Crippen molar-refractivity contribution in [2.75, 3.05) is 16.8 Å². The van der Waals surface area contributed by atoms with Gasteiger partial charge in [0.1, 0.15) is 5.82 Å². The zero-order valence-corrected chi connectivity index (χ0v) is 17.8. The molecule has 1 saturated heterocycles. The highest BCUT2D eigenvalue weighted by Crippen LogP contribution is 2.27. The monoisotopic (exact) mass is 426 g/mol. The minimum Gasteiger partial charge on any atom is -0.452 e. The highest BCUT2D eigenvalue weighted by molar-refractivity contribution is 6.00. The van der Waals surface area contributed by atoms with Gasteiger partial charge in [-0.15, -0.1) is 0 Å². The quantitative estimate of drug-likeness (QED) is 0.645. The van der Waals surface area contributed by atoms with E-state index < -0.39 is 29.7 Å². The summed E-state index contributed by atoms with van der Waals surface area (Å²) in [6.45, 7) is 3.82. The molecule has 3 rings (SSSR count). The number of anilines is 2. The van der Waals surface area contributed by atoms with Crippen LogP contribution in [0.1, 0.15) is 38.7 Å². The predicted molar refractivity (Wildman–Crippen MR) is 116 cm³/mol. The van der Waals surface area contributed by atoms with Crippen LogP contribution < -0.4 is 10.2 Å². The molecule has 6 nitrogen and oxygen atoms in total. The van der Waals surface area contributed by atoms with E-state index >= 15 is 0 Å². The third-order valence-electron chi connectivity index (χ3n) is 5.30. The van der Waals surface area contributed by atoms with Crippen molar-refractivity contribution in [2.24, 2.45) is 5.92 Å². The number of hydrogen-bond donors (Lipinski definition) is 1. The second-order valence-corrected chi connectivity index (χ2v) is 7.75. The highest BCUT2D eigenvalue weighted by Gasteiger charge is 2.37. The molecule has 0 spiro atoms. The van der Waals surface area contributed by atoms with Crippen LogP contribution in [-0.4, -0.2) is 30.4 Å². The Labute approximate surface area is 181 Å². The van der Waals surface area contributed by atoms with E-state index in [9.17, 15) is 18.8 Å². The van der Waals surface area contributed by atoms with E-state index in [0.29, 0.717) is 5.69 Å². The molecule has 31 heavy (non-hydrogen) atoms. The van der Waals surface area contributed by atoms with Crippen molar-refractivity contribution in [2.45, 2.75) is 45.6 Å². The van der Waals surface area contributed by atoms with Gasteiger partial charge in [-0.2, -0.15) is 0 Å². The number of amides is 2. The van der Waals surface area contributed by atoms with Gasteiger partial charge in [0.05, 0.1) is 5.92 Å². The maximum atomic E-state index is 13.0. The molecule has 0 aromatic heterocycles. The third-order valence-corrected chi connectivity index (χ3v) is 5.30. The smallest absolute Gasteiger partial charge is 0.312 e. The first-order valence-corrected chi connectivity index (χ1v) is 10.5. The number of nitrogens with one attached hydrogen (secondary N) is 1. The number of aryl methyl sites for hydroxylation is 1. The lowest BCUT2D eigenvalue weighted by Crippen LogP contribution is -2.33. The van der Waals surface area contributed by atoms with Crippen molar-refractivity contribution in [3.05, 3.63) is 59.9 Å². The van der Waals surface area contributed by atoms with Crippen LogP contribution in [0.25, 0.3) is 0 Å². The van der Waals surface area contributed by atoms with Gasteiger partial charge in [-0.3, -0.25) is 14.4 Å². The molecule has 164 valence electrons. The van der Waals surface area contributed by atoms with Gasteiger partial charge in [-0.1, -0.05) is 25.5 Å². The zero-order valence-electron chi connectivity index (χ0n) is 17.8. The maximum absolute atomic E-state index is 13.0. The Morgan fingerprint density at radius 2 is 1.84 bits per heavy atom. The van der Waals surface area contributed by atoms with Crippen molar-refractivity contribution in [3.63, 3.8) is 0 Å². The largest absolute Gasteiger partial charge is 0.452 e. The van der Waals surface area contributed by atoms with Gasteiger partial charge in [0.15, 0.2) is 6.10 Å². The Morgan fingerprint density at radius 1 is 1.16 bits per heavy atom. The number of nitrogens with zero attached hydrogens (tertiary/aromatic N) is 1. The summed E-state index contributed by atoms with van der Waals surface area (Å²) in [5, 5.41) is 2.57. The van der Waals surface area contributed by atoms with Crippen LogP contribution in [0, 0.1) is 11.7 Å². The Balaban J connectivity index is 1.54. The van der Waals surface area contributed by atoms with Gasteiger partial charge >= 0.3 is 5.97 Å². The fourth-order valence-electron chi connectivity index (χ4n) is 3.44. The molecular formula is C24H27FN2O4. The number of halogens is 1. The molecule has 1 heterocycles. The maximum Gasteiger partial charge on any atom is 0.312 e. The van der Waals surface area contributed by atoms with Crippen molar-refractivity contribution >= 4 is 29.2 Å². The minimum atomic E-state index is -1.04. The van der Waals surface area contributed by atoms with E-state index in [1.54, 1.807) is 4.90 Å². The van der Waals surface area contributed by atoms with Crippen molar-refractivity contribution < 1.29 is 23.5 Å². The van der Waals surface area contributed by atoms with Gasteiger partial charge < -0.3 is 15.0 Å². The number of carbonyl (C=O) groups excluding carboxylic acids is 3. The minimum absolute atomic E-state index is 0.0444. The summed E-state index contributed by atoms with van der Waals surface area (Å²) >= 11 is 0. The Bertz CT molecular complexity index is 928. The molecule has 0 radical (unpaired) electrons. The Kier molecular flexibility index (Phi) is 7.39. The summed E-state index contributed by atoms with van der Waals surface area (Å²) in [6.07, 6.45) is 2.24. The third kappa shape index (κ3) is 5.90. The summed E-state index contributed by atoms with van der Waals surface area (Å²) in [5.74, 6) is -2.30. The first-order valence-electron chi connectivity index (χ1n) is 10.5. The van der Waals surface area contributed by atoms with Gasteiger partial charge in [0.2, 0.25) is 5.91 Å². The Hall–Kier alpha value is -3.22. The van der Waals surface area contributed by atoms with Crippen LogP contribution >= 0.6 is 0 Å². The fourth-order valence-corrected chi connectivity index (χ4v) is 3.44. The van der Waals surface area contributed by atoms with Crippen molar-refractivity contribution in [1.82, 2.24) is 0 Å². The molecule has 1 aliphatic heterocycles. The fraction of sp³-hybridized carbons (Fsp3) is 0.375. The molecule has 0 aliphatic carbocycles. The lowest BCUT2D eigenvalue weighted by Gasteiger charge is -2.18. The predicted octanol–water partition coefficient (Wildman–Crippen LogP) is 4.09. The SMILES string of the molecule is CCCCc1ccc(N2C[C@H](C(=O)O[C@@H](C)C(=O)Nc3ccc(F)cc3)CC2=O)cc1. The summed E-state index contributed by atoms with van der Waals surface area (Å²) in [5.41, 5.74) is 2.37. The standard InChI is InChI=1S/C24H27FN2O4/c1-3-4-5-17-6-12-21(13-7-17)27-15-18(14-22(27)28)24(30)31-16(2)23(29)26-20-10-8-19(25)9-11-20/h6-13,16,18H,3-5,14-15H2,1-2H3,(H,26,29)/t16-,18+/m0/s1. The first kappa shape index (κ1) is 22.5. The van der Waals surface area contributed by atoms with Crippen LogP contribution in [0.2, 0.25) is 0 Å². The number of hydrogen-bond acceptors (Lipinski definition) is 4. The highest BCUT2D eigenvalue weighted by atomic mass is 19.1. The summed E-state index contributed by atoms with van der Waals surface area (Å²) in [7, 11) is 0. The van der Waals surface area contributed by atoms with E-state index in [4.69, 9.17) is 4.74 Å². The first-order chi connectivity index (χ1) is 14.9. The second kappa shape index (κ2) is 10.2. The number of esters is 1. The summed E-state index contributed by atoms with van der Waals surface area (Å²) in [4.78, 5) is 38.8. The Morgan fingerprint density at radius 3 is 2.48 bits per heavy atom. The molecule has 0 unspecified atom stereocenters. The lowest BCUT2D eigenvalue weighted by atomic mass is 10.1. The molecule has 2 amide bonds. The van der Waals surface area contributed by atoms with Gasteiger partial charge in [0.25, 0.3) is 5.91 Å². The lowest BCUT2D eigenvalue weighted by molar-refractivity contribution is -0.157. The average molecular weight is 426 g/mol. The number of unbranched alkanes of at least 4 members (excludes halogenated alkanes) is 1. The van der Waals surface area contributed by atoms with E-state index in [1.165, 1.54) is 36.8 Å². The van der Waals surface area contributed by atoms with Crippen molar-refractivity contribution in [3.8, 4) is 0 Å². The van der Waals surface area contributed by atoms with Crippen LogP contribution in [0.4, 0.5) is 15.8 Å². The molecular weight excluding hydrogens is 399 g/mol. The number of rotatable bonds is 8. The van der Waals surface area contributed by atoms with Gasteiger partial charge in [-0.25, -0.2) is 4.39 Å². The molecule has 7 heteroatoms. The van der Waals surface area contributed by atoms with E-state index in [-0.39, 0.29) is 18.9 Å². The summed E-state index contributed by atoms with van der Waals surface area (Å²) < 4.78 is 18.3. The topological polar surface area (TPSA) is 75.7 Å². The van der Waals surface area contributed by atoms with Crippen molar-refractivity contribution in [1.29, 1.82) is 0 Å². The number of carbonyl (C=O) groups is 3. The molecule has 0 bridgehead atoms. The number of ether oxygens (including phenoxy) is 1. The average Bonchev–Trinajstić information content (AvgIpc) is 3.16. The molecule has 1 fully saturated rings. The molecule has 1 aliphatic rings. The molecule has 2 aromatic rings. The van der Waals surface area contributed by atoms with E-state index in [2.05, 4.69) is 12.2 Å². The van der Waals surface area contributed by atoms with E-state index in [1.807, 2.05) is 24.3 Å². The van der Waals surface area contributed by atoms with Crippen LogP contribution in [0.15, 0.2) is 48.5 Å². The summed E-state index contributed by atoms with van der Waals surface area (Å²) in [6, 6.07) is 13.1. The van der Waals surface area contributed by atoms with E-state index in [0.717, 1.165) is 24.9 Å². The number of benzene rings is 2. The normalized spacial score (nSPS) is 16.8. The van der Waals surface area contributed by atoms with Crippen LogP contribution in [0.5, 0.6) is 0 Å². The molecule has 1 N–H and O–H groups in total.